The summed E-state index contributed by atoms with van der Waals surface area (Å²) in [5, 5.41) is 0. The van der Waals surface area contributed by atoms with Crippen LogP contribution in [-0.2, 0) is 0 Å². The zero-order valence-corrected chi connectivity index (χ0v) is 13.3. The Morgan fingerprint density at radius 2 is 2.13 bits per heavy atom. The van der Waals surface area contributed by atoms with E-state index in [4.69, 9.17) is 9.47 Å². The second-order valence-electron chi connectivity index (χ2n) is 5.79. The summed E-state index contributed by atoms with van der Waals surface area (Å²) in [5.41, 5.74) is 0.777. The van der Waals surface area contributed by atoms with Crippen molar-refractivity contribution in [1.82, 2.24) is 9.55 Å². The molecule has 1 aliphatic rings. The minimum absolute atomic E-state index is 0.163. The minimum atomic E-state index is -0.245. The highest BCUT2D eigenvalue weighted by atomic mass is 16.5. The van der Waals surface area contributed by atoms with E-state index in [9.17, 15) is 4.79 Å². The molecule has 1 aromatic heterocycles. The summed E-state index contributed by atoms with van der Waals surface area (Å²) in [7, 11) is 1.64. The zero-order chi connectivity index (χ0) is 16.2. The number of aromatic amines is 1. The Kier molecular flexibility index (Phi) is 4.55. The van der Waals surface area contributed by atoms with Gasteiger partial charge < -0.3 is 14.5 Å². The monoisotopic (exact) mass is 314 g/mol. The first-order chi connectivity index (χ1) is 11.2. The van der Waals surface area contributed by atoms with Crippen LogP contribution in [0.25, 0.3) is 0 Å². The molecule has 3 rings (SSSR count). The van der Waals surface area contributed by atoms with Gasteiger partial charge in [0.1, 0.15) is 0 Å². The lowest BCUT2D eigenvalue weighted by atomic mass is 10.1. The molecule has 1 fully saturated rings. The average Bonchev–Trinajstić information content (AvgIpc) is 3.21. The van der Waals surface area contributed by atoms with Crippen LogP contribution >= 0.6 is 0 Å². The van der Waals surface area contributed by atoms with Gasteiger partial charge in [0.05, 0.1) is 19.3 Å². The lowest BCUT2D eigenvalue weighted by molar-refractivity contribution is 0.200. The van der Waals surface area contributed by atoms with E-state index in [-0.39, 0.29) is 17.8 Å². The summed E-state index contributed by atoms with van der Waals surface area (Å²) < 4.78 is 13.1. The molecule has 0 bridgehead atoms. The third-order valence-electron chi connectivity index (χ3n) is 4.32. The molecule has 23 heavy (non-hydrogen) atoms. The van der Waals surface area contributed by atoms with Crippen LogP contribution < -0.4 is 15.2 Å². The summed E-state index contributed by atoms with van der Waals surface area (Å²) in [6.07, 6.45) is 9.91. The number of allylic oxidation sites excluding steroid dienone is 1. The van der Waals surface area contributed by atoms with E-state index in [0.717, 1.165) is 24.2 Å². The van der Waals surface area contributed by atoms with Gasteiger partial charge in [0.15, 0.2) is 11.5 Å². The molecule has 5 nitrogen and oxygen atoms in total. The number of hydrogen-bond donors (Lipinski definition) is 1. The number of H-pyrrole nitrogens is 1. The Morgan fingerprint density at radius 3 is 2.74 bits per heavy atom. The zero-order valence-electron chi connectivity index (χ0n) is 13.3. The lowest BCUT2D eigenvalue weighted by Gasteiger charge is -2.19. The first kappa shape index (κ1) is 15.5. The molecular formula is C18H22N2O3. The second-order valence-corrected chi connectivity index (χ2v) is 5.79. The van der Waals surface area contributed by atoms with Gasteiger partial charge >= 0.3 is 5.69 Å². The first-order valence-electron chi connectivity index (χ1n) is 7.95. The van der Waals surface area contributed by atoms with Crippen LogP contribution in [0, 0.1) is 0 Å². The van der Waals surface area contributed by atoms with Crippen LogP contribution in [0.2, 0.25) is 0 Å². The number of nitrogens with zero attached hydrogens (tertiary/aromatic N) is 1. The normalized spacial score (nSPS) is 16.2. The highest BCUT2D eigenvalue weighted by Gasteiger charge is 2.20. The predicted octanol–water partition coefficient (Wildman–Crippen LogP) is 3.28. The highest BCUT2D eigenvalue weighted by molar-refractivity contribution is 5.45. The van der Waals surface area contributed by atoms with Gasteiger partial charge in [0.2, 0.25) is 0 Å². The molecule has 0 radical (unpaired) electrons. The molecule has 0 spiro atoms. The number of rotatable bonds is 6. The van der Waals surface area contributed by atoms with Gasteiger partial charge in [-0.1, -0.05) is 12.1 Å². The van der Waals surface area contributed by atoms with Crippen LogP contribution in [-0.4, -0.2) is 22.8 Å². The van der Waals surface area contributed by atoms with Gasteiger partial charge in [-0.05, 0) is 43.4 Å². The van der Waals surface area contributed by atoms with E-state index in [1.807, 2.05) is 18.2 Å². The maximum atomic E-state index is 11.9. The van der Waals surface area contributed by atoms with Crippen LogP contribution in [0.1, 0.15) is 37.3 Å². The third kappa shape index (κ3) is 3.18. The molecule has 122 valence electrons. The molecule has 1 saturated carbocycles. The number of benzene rings is 1. The number of methoxy groups -OCH3 is 1. The van der Waals surface area contributed by atoms with Crippen LogP contribution in [0.15, 0.2) is 48.0 Å². The lowest BCUT2D eigenvalue weighted by Crippen LogP contribution is -2.21. The molecule has 0 amide bonds. The van der Waals surface area contributed by atoms with Crippen molar-refractivity contribution in [3.63, 3.8) is 0 Å². The van der Waals surface area contributed by atoms with Crippen molar-refractivity contribution in [2.45, 2.75) is 37.8 Å². The van der Waals surface area contributed by atoms with Gasteiger partial charge in [-0.2, -0.15) is 0 Å². The summed E-state index contributed by atoms with van der Waals surface area (Å²) in [6, 6.07) is 5.52. The van der Waals surface area contributed by atoms with E-state index in [1.165, 1.54) is 12.8 Å². The van der Waals surface area contributed by atoms with E-state index in [0.29, 0.717) is 5.75 Å². The minimum Gasteiger partial charge on any atom is -0.493 e. The fourth-order valence-corrected chi connectivity index (χ4v) is 3.12. The molecule has 1 unspecified atom stereocenters. The van der Waals surface area contributed by atoms with Crippen molar-refractivity contribution in [3.05, 3.63) is 59.3 Å². The molecular weight excluding hydrogens is 292 g/mol. The van der Waals surface area contributed by atoms with E-state index in [1.54, 1.807) is 30.1 Å². The molecule has 1 heterocycles. The molecule has 5 heteroatoms. The number of nitrogens with one attached hydrogen (secondary N) is 1. The van der Waals surface area contributed by atoms with Crippen molar-refractivity contribution in [2.24, 2.45) is 0 Å². The molecule has 1 aromatic carbocycles. The van der Waals surface area contributed by atoms with Gasteiger partial charge in [-0.3, -0.25) is 4.57 Å². The third-order valence-corrected chi connectivity index (χ3v) is 4.32. The van der Waals surface area contributed by atoms with Gasteiger partial charge in [0.25, 0.3) is 0 Å². The molecule has 0 saturated heterocycles. The fraction of sp³-hybridized carbons (Fsp3) is 0.389. The van der Waals surface area contributed by atoms with E-state index >= 15 is 0 Å². The van der Waals surface area contributed by atoms with Crippen LogP contribution in [0.5, 0.6) is 11.5 Å². The Morgan fingerprint density at radius 1 is 1.35 bits per heavy atom. The summed E-state index contributed by atoms with van der Waals surface area (Å²) in [4.78, 5) is 14.5. The van der Waals surface area contributed by atoms with Crippen molar-refractivity contribution in [1.29, 1.82) is 0 Å². The average molecular weight is 314 g/mol. The molecule has 2 aromatic rings. The number of hydrogen-bond acceptors (Lipinski definition) is 3. The second kappa shape index (κ2) is 6.77. The smallest absolute Gasteiger partial charge is 0.326 e. The van der Waals surface area contributed by atoms with Crippen LogP contribution in [0.3, 0.4) is 0 Å². The quantitative estimate of drug-likeness (QED) is 0.833. The molecule has 1 N–H and O–H groups in total. The van der Waals surface area contributed by atoms with Crippen molar-refractivity contribution < 1.29 is 9.47 Å². The molecule has 0 aliphatic heterocycles. The Bertz CT molecular complexity index is 726. The number of aromatic nitrogens is 2. The first-order valence-corrected chi connectivity index (χ1v) is 7.95. The van der Waals surface area contributed by atoms with E-state index in [2.05, 4.69) is 11.6 Å². The number of ether oxygens (including phenoxy) is 2. The summed E-state index contributed by atoms with van der Waals surface area (Å²) in [6.45, 7) is 3.86. The van der Waals surface area contributed by atoms with Gasteiger partial charge in [-0.25, -0.2) is 4.79 Å². The molecule has 1 aliphatic carbocycles. The largest absolute Gasteiger partial charge is 0.493 e. The Labute approximate surface area is 135 Å². The summed E-state index contributed by atoms with van der Waals surface area (Å²) in [5.74, 6) is 1.44. The number of imidazole rings is 1. The molecule has 1 atom stereocenters. The Hall–Kier alpha value is -2.43. The Balaban J connectivity index is 1.94. The van der Waals surface area contributed by atoms with Crippen molar-refractivity contribution in [2.75, 3.05) is 7.11 Å². The van der Waals surface area contributed by atoms with Gasteiger partial charge in [0, 0.05) is 12.4 Å². The summed E-state index contributed by atoms with van der Waals surface area (Å²) >= 11 is 0. The highest BCUT2D eigenvalue weighted by Crippen LogP contribution is 2.34. The maximum absolute atomic E-state index is 11.9. The van der Waals surface area contributed by atoms with Gasteiger partial charge in [-0.15, -0.1) is 6.58 Å². The fourth-order valence-electron chi connectivity index (χ4n) is 3.12. The standard InChI is InChI=1S/C18H22N2O3/c1-3-15(20-11-10-19-18(20)21)13-8-9-16(22-2)17(12-13)23-14-6-4-5-7-14/h3,8-12,14-15H,1,4-7H2,2H3,(H,19,21). The topological polar surface area (TPSA) is 56.2 Å². The van der Waals surface area contributed by atoms with Crippen molar-refractivity contribution >= 4 is 0 Å². The van der Waals surface area contributed by atoms with Crippen molar-refractivity contribution in [3.8, 4) is 11.5 Å². The SMILES string of the molecule is C=CC(c1ccc(OC)c(OC2CCCC2)c1)n1cc[nH]c1=O. The maximum Gasteiger partial charge on any atom is 0.326 e. The predicted molar refractivity (Wildman–Crippen MR) is 89.3 cm³/mol. The van der Waals surface area contributed by atoms with Crippen LogP contribution in [0.4, 0.5) is 0 Å². The van der Waals surface area contributed by atoms with E-state index < -0.39 is 0 Å².